The monoisotopic (exact) mass is 236 g/mol. The first kappa shape index (κ1) is 13.7. The summed E-state index contributed by atoms with van der Waals surface area (Å²) in [6.45, 7) is 9.54. The van der Waals surface area contributed by atoms with Crippen LogP contribution in [0, 0.1) is 0 Å². The Hall–Kier alpha value is -1.32. The third-order valence-corrected chi connectivity index (χ3v) is 2.33. The van der Waals surface area contributed by atoms with Gasteiger partial charge in [0.25, 0.3) is 0 Å². The Labute approximate surface area is 104 Å². The summed E-state index contributed by atoms with van der Waals surface area (Å²) in [5.41, 5.74) is 0.0214. The lowest BCUT2D eigenvalue weighted by Crippen LogP contribution is -2.27. The van der Waals surface area contributed by atoms with E-state index in [-0.39, 0.29) is 5.54 Å². The van der Waals surface area contributed by atoms with Crippen LogP contribution in [0.4, 0.5) is 11.8 Å². The molecular formula is C13H24N4. The molecule has 4 heteroatoms. The highest BCUT2D eigenvalue weighted by molar-refractivity contribution is 5.42. The van der Waals surface area contributed by atoms with Crippen molar-refractivity contribution in [3.8, 4) is 0 Å². The minimum Gasteiger partial charge on any atom is -0.365 e. The Balaban J connectivity index is 2.71. The zero-order chi connectivity index (χ0) is 12.9. The Bertz CT molecular complexity index is 344. The van der Waals surface area contributed by atoms with Gasteiger partial charge < -0.3 is 10.2 Å². The molecule has 0 saturated carbocycles. The molecule has 96 valence electrons. The molecule has 0 aromatic carbocycles. The van der Waals surface area contributed by atoms with Gasteiger partial charge in [0.05, 0.1) is 0 Å². The lowest BCUT2D eigenvalue weighted by Gasteiger charge is -2.22. The molecule has 1 aromatic rings. The summed E-state index contributed by atoms with van der Waals surface area (Å²) in [5.74, 6) is 1.67. The SMILES string of the molecule is CCCCN(C)c1nccc(NC(C)(C)C)n1. The summed E-state index contributed by atoms with van der Waals surface area (Å²) in [7, 11) is 2.03. The van der Waals surface area contributed by atoms with Gasteiger partial charge in [-0.25, -0.2) is 4.98 Å². The number of hydrogen-bond donors (Lipinski definition) is 1. The molecular weight excluding hydrogens is 212 g/mol. The van der Waals surface area contributed by atoms with Gasteiger partial charge >= 0.3 is 0 Å². The van der Waals surface area contributed by atoms with Crippen LogP contribution in [-0.2, 0) is 0 Å². The van der Waals surface area contributed by atoms with Gasteiger partial charge in [-0.05, 0) is 33.3 Å². The summed E-state index contributed by atoms with van der Waals surface area (Å²) in [6, 6.07) is 1.91. The quantitative estimate of drug-likeness (QED) is 0.853. The van der Waals surface area contributed by atoms with E-state index in [1.54, 1.807) is 6.20 Å². The largest absolute Gasteiger partial charge is 0.365 e. The van der Waals surface area contributed by atoms with Gasteiger partial charge in [0.1, 0.15) is 5.82 Å². The topological polar surface area (TPSA) is 41.1 Å². The maximum absolute atomic E-state index is 4.51. The van der Waals surface area contributed by atoms with Crippen molar-refractivity contribution in [2.45, 2.75) is 46.1 Å². The highest BCUT2D eigenvalue weighted by Crippen LogP contribution is 2.14. The van der Waals surface area contributed by atoms with Gasteiger partial charge in [0.2, 0.25) is 5.95 Å². The summed E-state index contributed by atoms with van der Waals surface area (Å²) in [4.78, 5) is 10.9. The van der Waals surface area contributed by atoms with Crippen LogP contribution in [0.2, 0.25) is 0 Å². The van der Waals surface area contributed by atoms with Crippen LogP contribution >= 0.6 is 0 Å². The van der Waals surface area contributed by atoms with Gasteiger partial charge in [-0.3, -0.25) is 0 Å². The molecule has 0 aliphatic heterocycles. The Kier molecular flexibility index (Phi) is 4.73. The predicted molar refractivity (Wildman–Crippen MR) is 73.6 cm³/mol. The summed E-state index contributed by atoms with van der Waals surface area (Å²) in [5, 5.41) is 3.35. The molecule has 1 aromatic heterocycles. The molecule has 0 amide bonds. The minimum atomic E-state index is 0.0214. The average Bonchev–Trinajstić information content (AvgIpc) is 2.24. The predicted octanol–water partition coefficient (Wildman–Crippen LogP) is 2.92. The molecule has 0 unspecified atom stereocenters. The van der Waals surface area contributed by atoms with Gasteiger partial charge in [-0.1, -0.05) is 13.3 Å². The average molecular weight is 236 g/mol. The lowest BCUT2D eigenvalue weighted by atomic mass is 10.1. The fraction of sp³-hybridized carbons (Fsp3) is 0.692. The molecule has 1 heterocycles. The molecule has 0 aliphatic rings. The first-order valence-electron chi connectivity index (χ1n) is 6.25. The van der Waals surface area contributed by atoms with Crippen LogP contribution < -0.4 is 10.2 Å². The first-order valence-corrected chi connectivity index (χ1v) is 6.25. The summed E-state index contributed by atoms with van der Waals surface area (Å²) in [6.07, 6.45) is 4.15. The zero-order valence-electron chi connectivity index (χ0n) is 11.6. The summed E-state index contributed by atoms with van der Waals surface area (Å²) < 4.78 is 0. The van der Waals surface area contributed by atoms with E-state index in [1.807, 2.05) is 13.1 Å². The number of hydrogen-bond acceptors (Lipinski definition) is 4. The van der Waals surface area contributed by atoms with Gasteiger partial charge in [0.15, 0.2) is 0 Å². The van der Waals surface area contributed by atoms with Crippen LogP contribution in [0.25, 0.3) is 0 Å². The van der Waals surface area contributed by atoms with Crippen molar-refractivity contribution in [2.75, 3.05) is 23.8 Å². The van der Waals surface area contributed by atoms with E-state index in [1.165, 1.54) is 6.42 Å². The molecule has 0 saturated heterocycles. The van der Waals surface area contributed by atoms with Crippen LogP contribution in [0.1, 0.15) is 40.5 Å². The van der Waals surface area contributed by atoms with E-state index in [4.69, 9.17) is 0 Å². The highest BCUT2D eigenvalue weighted by atomic mass is 15.2. The standard InChI is InChI=1S/C13H24N4/c1-6-7-10-17(5)12-14-9-8-11(15-12)16-13(2,3)4/h8-9H,6-7,10H2,1-5H3,(H,14,15,16). The van der Waals surface area contributed by atoms with Crippen molar-refractivity contribution in [2.24, 2.45) is 0 Å². The molecule has 17 heavy (non-hydrogen) atoms. The van der Waals surface area contributed by atoms with Crippen LogP contribution in [0.15, 0.2) is 12.3 Å². The molecule has 0 fully saturated rings. The second-order valence-corrected chi connectivity index (χ2v) is 5.39. The molecule has 4 nitrogen and oxygen atoms in total. The Morgan fingerprint density at radius 1 is 1.35 bits per heavy atom. The zero-order valence-corrected chi connectivity index (χ0v) is 11.6. The number of anilines is 2. The molecule has 0 spiro atoms. The Morgan fingerprint density at radius 2 is 2.06 bits per heavy atom. The molecule has 0 atom stereocenters. The van der Waals surface area contributed by atoms with Crippen molar-refractivity contribution in [1.82, 2.24) is 9.97 Å². The Morgan fingerprint density at radius 3 is 2.65 bits per heavy atom. The van der Waals surface area contributed by atoms with Crippen molar-refractivity contribution in [3.05, 3.63) is 12.3 Å². The first-order chi connectivity index (χ1) is 7.92. The number of nitrogens with one attached hydrogen (secondary N) is 1. The smallest absolute Gasteiger partial charge is 0.226 e. The molecule has 0 radical (unpaired) electrons. The van der Waals surface area contributed by atoms with Gasteiger partial charge in [-0.15, -0.1) is 0 Å². The van der Waals surface area contributed by atoms with E-state index >= 15 is 0 Å². The third-order valence-electron chi connectivity index (χ3n) is 2.33. The minimum absolute atomic E-state index is 0.0214. The van der Waals surface area contributed by atoms with Crippen molar-refractivity contribution >= 4 is 11.8 Å². The highest BCUT2D eigenvalue weighted by Gasteiger charge is 2.11. The van der Waals surface area contributed by atoms with E-state index in [0.717, 1.165) is 24.7 Å². The number of rotatable bonds is 5. The molecule has 0 bridgehead atoms. The van der Waals surface area contributed by atoms with Crippen LogP contribution in [0.5, 0.6) is 0 Å². The van der Waals surface area contributed by atoms with Crippen molar-refractivity contribution in [3.63, 3.8) is 0 Å². The van der Waals surface area contributed by atoms with E-state index in [9.17, 15) is 0 Å². The van der Waals surface area contributed by atoms with Crippen molar-refractivity contribution in [1.29, 1.82) is 0 Å². The van der Waals surface area contributed by atoms with Crippen molar-refractivity contribution < 1.29 is 0 Å². The number of aromatic nitrogens is 2. The number of unbranched alkanes of at least 4 members (excludes halogenated alkanes) is 1. The number of nitrogens with zero attached hydrogens (tertiary/aromatic N) is 3. The van der Waals surface area contributed by atoms with Gasteiger partial charge in [-0.2, -0.15) is 4.98 Å². The molecule has 1 rings (SSSR count). The third kappa shape index (κ3) is 5.02. The van der Waals surface area contributed by atoms with E-state index < -0.39 is 0 Å². The normalized spacial score (nSPS) is 11.4. The molecule has 1 N–H and O–H groups in total. The van der Waals surface area contributed by atoms with E-state index in [0.29, 0.717) is 0 Å². The van der Waals surface area contributed by atoms with E-state index in [2.05, 4.69) is 47.9 Å². The van der Waals surface area contributed by atoms with Crippen LogP contribution in [-0.4, -0.2) is 29.1 Å². The maximum Gasteiger partial charge on any atom is 0.226 e. The fourth-order valence-corrected chi connectivity index (χ4v) is 1.48. The second-order valence-electron chi connectivity index (χ2n) is 5.39. The molecule has 0 aliphatic carbocycles. The fourth-order valence-electron chi connectivity index (χ4n) is 1.48. The lowest BCUT2D eigenvalue weighted by molar-refractivity contribution is 0.629. The van der Waals surface area contributed by atoms with Crippen LogP contribution in [0.3, 0.4) is 0 Å². The summed E-state index contributed by atoms with van der Waals surface area (Å²) >= 11 is 0. The second kappa shape index (κ2) is 5.84. The van der Waals surface area contributed by atoms with Gasteiger partial charge in [0, 0.05) is 25.3 Å². The maximum atomic E-state index is 4.51.